The van der Waals surface area contributed by atoms with Crippen LogP contribution in [0.25, 0.3) is 0 Å². The van der Waals surface area contributed by atoms with Crippen molar-refractivity contribution < 1.29 is 30.3 Å². The molecule has 0 aromatic heterocycles. The molecule has 0 saturated carbocycles. The molecule has 0 radical (unpaired) electrons. The van der Waals surface area contributed by atoms with E-state index < -0.39 is 36.8 Å². The van der Waals surface area contributed by atoms with Gasteiger partial charge in [0.2, 0.25) is 5.79 Å². The molecule has 1 aliphatic heterocycles. The maximum Gasteiger partial charge on any atom is 0.222 e. The first kappa shape index (κ1) is 15.7. The third kappa shape index (κ3) is 2.44. The Morgan fingerprint density at radius 1 is 1.25 bits per heavy atom. The van der Waals surface area contributed by atoms with E-state index in [0.29, 0.717) is 10.6 Å². The van der Waals surface area contributed by atoms with Crippen LogP contribution in [-0.2, 0) is 10.5 Å². The van der Waals surface area contributed by atoms with E-state index in [9.17, 15) is 20.4 Å². The minimum atomic E-state index is -2.23. The smallest absolute Gasteiger partial charge is 0.222 e. The van der Waals surface area contributed by atoms with E-state index in [4.69, 9.17) is 21.4 Å². The zero-order valence-electron chi connectivity index (χ0n) is 10.8. The molecule has 112 valence electrons. The summed E-state index contributed by atoms with van der Waals surface area (Å²) >= 11 is 5.89. The van der Waals surface area contributed by atoms with Crippen LogP contribution in [0.4, 0.5) is 0 Å². The molecule has 7 heteroatoms. The van der Waals surface area contributed by atoms with E-state index in [1.807, 2.05) is 0 Å². The number of hydrogen-bond donors (Lipinski definition) is 5. The van der Waals surface area contributed by atoms with Crippen LogP contribution in [0.1, 0.15) is 11.1 Å². The van der Waals surface area contributed by atoms with Gasteiger partial charge in [-0.15, -0.1) is 0 Å². The lowest BCUT2D eigenvalue weighted by molar-refractivity contribution is -0.357. The molecule has 1 fully saturated rings. The van der Waals surface area contributed by atoms with Gasteiger partial charge in [0.15, 0.2) is 0 Å². The van der Waals surface area contributed by atoms with Crippen molar-refractivity contribution >= 4 is 11.6 Å². The predicted octanol–water partition coefficient (Wildman–Crippen LogP) is -0.733. The number of aliphatic hydroxyl groups is 5. The van der Waals surface area contributed by atoms with E-state index in [0.717, 1.165) is 0 Å². The van der Waals surface area contributed by atoms with E-state index in [1.165, 1.54) is 18.2 Å². The zero-order chi connectivity index (χ0) is 15.1. The molecule has 5 N–H and O–H groups in total. The van der Waals surface area contributed by atoms with Crippen LogP contribution in [0.3, 0.4) is 0 Å². The Morgan fingerprint density at radius 2 is 1.90 bits per heavy atom. The number of aliphatic hydroxyl groups excluding tert-OH is 4. The van der Waals surface area contributed by atoms with Crippen LogP contribution >= 0.6 is 11.6 Å². The second-order valence-electron chi connectivity index (χ2n) is 4.93. The van der Waals surface area contributed by atoms with Crippen molar-refractivity contribution in [3.8, 4) is 0 Å². The van der Waals surface area contributed by atoms with Gasteiger partial charge in [-0.1, -0.05) is 17.7 Å². The fourth-order valence-electron chi connectivity index (χ4n) is 2.26. The largest absolute Gasteiger partial charge is 0.394 e. The number of ether oxygens (including phenoxy) is 1. The molecule has 0 bridgehead atoms. The van der Waals surface area contributed by atoms with Gasteiger partial charge < -0.3 is 30.3 Å². The lowest BCUT2D eigenvalue weighted by Gasteiger charge is -2.45. The minimum absolute atomic E-state index is 0.177. The minimum Gasteiger partial charge on any atom is -0.394 e. The maximum absolute atomic E-state index is 10.5. The van der Waals surface area contributed by atoms with Gasteiger partial charge in [-0.2, -0.15) is 0 Å². The number of rotatable bonds is 2. The molecular weight excluding hydrogens is 288 g/mol. The third-order valence-electron chi connectivity index (χ3n) is 3.54. The summed E-state index contributed by atoms with van der Waals surface area (Å²) in [5, 5.41) is 49.6. The molecule has 1 aromatic rings. The average molecular weight is 305 g/mol. The van der Waals surface area contributed by atoms with Gasteiger partial charge in [-0.05, 0) is 24.6 Å². The molecule has 1 saturated heterocycles. The topological polar surface area (TPSA) is 110 Å². The van der Waals surface area contributed by atoms with Crippen LogP contribution in [0.5, 0.6) is 0 Å². The van der Waals surface area contributed by atoms with Gasteiger partial charge >= 0.3 is 0 Å². The van der Waals surface area contributed by atoms with Crippen molar-refractivity contribution in [3.05, 3.63) is 34.3 Å². The van der Waals surface area contributed by atoms with Gasteiger partial charge in [0.25, 0.3) is 0 Å². The molecule has 0 aliphatic carbocycles. The van der Waals surface area contributed by atoms with E-state index >= 15 is 0 Å². The van der Waals surface area contributed by atoms with Gasteiger partial charge in [0.05, 0.1) is 6.61 Å². The Morgan fingerprint density at radius 3 is 2.45 bits per heavy atom. The molecule has 2 rings (SSSR count). The van der Waals surface area contributed by atoms with Crippen molar-refractivity contribution in [2.24, 2.45) is 0 Å². The molecule has 3 unspecified atom stereocenters. The second-order valence-corrected chi connectivity index (χ2v) is 5.33. The summed E-state index contributed by atoms with van der Waals surface area (Å²) in [6.07, 6.45) is -6.12. The van der Waals surface area contributed by atoms with Gasteiger partial charge in [0, 0.05) is 10.6 Å². The lowest BCUT2D eigenvalue weighted by Crippen LogP contribution is -2.63. The summed E-state index contributed by atoms with van der Waals surface area (Å²) < 4.78 is 5.20. The van der Waals surface area contributed by atoms with Crippen LogP contribution in [0, 0.1) is 6.92 Å². The SMILES string of the molecule is Cc1cc(C2(O)OC(CO)[C@@H](O)C(O)[C@H]2O)ccc1Cl. The quantitative estimate of drug-likeness (QED) is 0.493. The molecule has 0 amide bonds. The standard InChI is InChI=1S/C13H17ClO6/c1-6-4-7(2-3-8(6)14)13(19)12(18)11(17)10(16)9(5-15)20-13/h2-4,9-12,15-19H,5H2,1H3/t9?,10-,11?,12-,13?/m1/s1. The summed E-state index contributed by atoms with van der Waals surface area (Å²) in [7, 11) is 0. The maximum atomic E-state index is 10.5. The second kappa shape index (κ2) is 5.57. The number of hydrogen-bond acceptors (Lipinski definition) is 6. The summed E-state index contributed by atoms with van der Waals surface area (Å²) in [6, 6.07) is 4.47. The van der Waals surface area contributed by atoms with Crippen LogP contribution in [-0.4, -0.2) is 56.6 Å². The predicted molar refractivity (Wildman–Crippen MR) is 70.1 cm³/mol. The monoisotopic (exact) mass is 304 g/mol. The highest BCUT2D eigenvalue weighted by molar-refractivity contribution is 6.31. The molecule has 0 spiro atoms. The Hall–Kier alpha value is -0.730. The first-order valence-corrected chi connectivity index (χ1v) is 6.51. The first-order valence-electron chi connectivity index (χ1n) is 6.13. The van der Waals surface area contributed by atoms with E-state index in [1.54, 1.807) is 6.92 Å². The molecule has 1 heterocycles. The highest BCUT2D eigenvalue weighted by atomic mass is 35.5. The van der Waals surface area contributed by atoms with Crippen LogP contribution < -0.4 is 0 Å². The molecule has 6 nitrogen and oxygen atoms in total. The Bertz CT molecular complexity index is 494. The average Bonchev–Trinajstić information content (AvgIpc) is 2.43. The van der Waals surface area contributed by atoms with Gasteiger partial charge in [-0.25, -0.2) is 0 Å². The van der Waals surface area contributed by atoms with Crippen LogP contribution in [0.2, 0.25) is 5.02 Å². The molecule has 5 atom stereocenters. The van der Waals surface area contributed by atoms with E-state index in [-0.39, 0.29) is 5.56 Å². The molecule has 20 heavy (non-hydrogen) atoms. The van der Waals surface area contributed by atoms with Crippen molar-refractivity contribution in [2.45, 2.75) is 37.1 Å². The number of aryl methyl sites for hydroxylation is 1. The molecule has 1 aromatic carbocycles. The summed E-state index contributed by atoms with van der Waals surface area (Å²) in [6.45, 7) is 1.10. The normalized spacial score (nSPS) is 38.0. The van der Waals surface area contributed by atoms with Crippen molar-refractivity contribution in [1.82, 2.24) is 0 Å². The van der Waals surface area contributed by atoms with E-state index in [2.05, 4.69) is 0 Å². The highest BCUT2D eigenvalue weighted by Crippen LogP contribution is 2.37. The Balaban J connectivity index is 2.43. The zero-order valence-corrected chi connectivity index (χ0v) is 11.5. The fourth-order valence-corrected chi connectivity index (χ4v) is 2.38. The lowest BCUT2D eigenvalue weighted by atomic mass is 9.88. The summed E-state index contributed by atoms with van der Waals surface area (Å²) in [5.41, 5.74) is 0.825. The van der Waals surface area contributed by atoms with Crippen LogP contribution in [0.15, 0.2) is 18.2 Å². The third-order valence-corrected chi connectivity index (χ3v) is 3.96. The van der Waals surface area contributed by atoms with Crippen molar-refractivity contribution in [1.29, 1.82) is 0 Å². The van der Waals surface area contributed by atoms with Gasteiger partial charge in [0.1, 0.15) is 24.4 Å². The molecule has 1 aliphatic rings. The highest BCUT2D eigenvalue weighted by Gasteiger charge is 2.53. The fraction of sp³-hybridized carbons (Fsp3) is 0.538. The Labute approximate surface area is 120 Å². The molecular formula is C13H17ClO6. The van der Waals surface area contributed by atoms with Crippen molar-refractivity contribution in [3.63, 3.8) is 0 Å². The summed E-state index contributed by atoms with van der Waals surface area (Å²) in [5.74, 6) is -2.23. The first-order chi connectivity index (χ1) is 9.31. The summed E-state index contributed by atoms with van der Waals surface area (Å²) in [4.78, 5) is 0. The van der Waals surface area contributed by atoms with Crippen molar-refractivity contribution in [2.75, 3.05) is 6.61 Å². The number of benzene rings is 1. The van der Waals surface area contributed by atoms with Gasteiger partial charge in [-0.3, -0.25) is 0 Å². The Kier molecular flexibility index (Phi) is 4.36. The number of halogens is 1.